The highest BCUT2D eigenvalue weighted by Crippen LogP contribution is 2.27. The van der Waals surface area contributed by atoms with Gasteiger partial charge in [0.25, 0.3) is 10.0 Å². The number of carbonyl (C=O) groups is 1. The van der Waals surface area contributed by atoms with Crippen LogP contribution in [0.4, 0.5) is 5.69 Å². The molecule has 3 heterocycles. The number of methoxy groups -OCH3 is 1. The number of hydrogen-bond donors (Lipinski definition) is 1. The van der Waals surface area contributed by atoms with Crippen molar-refractivity contribution in [3.05, 3.63) is 41.8 Å². The molecule has 2 aliphatic heterocycles. The van der Waals surface area contributed by atoms with E-state index < -0.39 is 10.0 Å². The average molecular weight is 464 g/mol. The van der Waals surface area contributed by atoms with E-state index in [1.54, 1.807) is 24.6 Å². The van der Waals surface area contributed by atoms with E-state index >= 15 is 0 Å². The van der Waals surface area contributed by atoms with Gasteiger partial charge in [0.05, 0.1) is 7.11 Å². The molecule has 0 radical (unpaired) electrons. The minimum absolute atomic E-state index is 0.0658. The maximum atomic E-state index is 12.8. The fourth-order valence-corrected chi connectivity index (χ4v) is 6.90. The van der Waals surface area contributed by atoms with Crippen LogP contribution in [0, 0.1) is 5.92 Å². The Morgan fingerprint density at radius 2 is 1.71 bits per heavy atom. The second-order valence-corrected chi connectivity index (χ2v) is 11.2. The smallest absolute Gasteiger partial charge is 0.252 e. The number of benzene rings is 1. The number of carbonyl (C=O) groups excluding carboxylic acids is 1. The van der Waals surface area contributed by atoms with Gasteiger partial charge in [0.15, 0.2) is 0 Å². The normalized spacial score (nSPS) is 19.3. The minimum Gasteiger partial charge on any atom is -0.497 e. The maximum Gasteiger partial charge on any atom is 0.252 e. The first-order chi connectivity index (χ1) is 15.0. The first kappa shape index (κ1) is 22.1. The molecule has 0 spiro atoms. The van der Waals surface area contributed by atoms with Gasteiger partial charge in [0.2, 0.25) is 5.91 Å². The number of nitrogens with zero attached hydrogens (tertiary/aromatic N) is 2. The van der Waals surface area contributed by atoms with E-state index in [9.17, 15) is 13.2 Å². The zero-order valence-electron chi connectivity index (χ0n) is 17.7. The Labute approximate surface area is 188 Å². The molecule has 0 unspecified atom stereocenters. The summed E-state index contributed by atoms with van der Waals surface area (Å²) in [5.74, 6) is 0.797. The van der Waals surface area contributed by atoms with E-state index in [1.807, 2.05) is 12.1 Å². The maximum absolute atomic E-state index is 12.8. The molecule has 168 valence electrons. The first-order valence-electron chi connectivity index (χ1n) is 10.7. The number of rotatable bonds is 6. The third-order valence-corrected chi connectivity index (χ3v) is 9.46. The highest BCUT2D eigenvalue weighted by molar-refractivity contribution is 7.91. The van der Waals surface area contributed by atoms with Crippen LogP contribution in [0.2, 0.25) is 0 Å². The molecule has 1 N–H and O–H groups in total. The largest absolute Gasteiger partial charge is 0.497 e. The zero-order chi connectivity index (χ0) is 21.8. The molecular weight excluding hydrogens is 434 g/mol. The molecule has 0 bridgehead atoms. The lowest BCUT2D eigenvalue weighted by Gasteiger charge is -2.35. The SMILES string of the molecule is COc1ccc(N2CCC(NC(=O)C3CCN(S(=O)(=O)c4cccs4)CC3)CC2)cc1. The van der Waals surface area contributed by atoms with Crippen LogP contribution in [0.15, 0.2) is 46.0 Å². The summed E-state index contributed by atoms with van der Waals surface area (Å²) < 4.78 is 32.4. The van der Waals surface area contributed by atoms with E-state index in [0.717, 1.165) is 31.7 Å². The zero-order valence-corrected chi connectivity index (χ0v) is 19.3. The van der Waals surface area contributed by atoms with Gasteiger partial charge in [-0.15, -0.1) is 11.3 Å². The Balaban J connectivity index is 1.23. The van der Waals surface area contributed by atoms with Crippen molar-refractivity contribution < 1.29 is 17.9 Å². The van der Waals surface area contributed by atoms with Crippen LogP contribution in [0.25, 0.3) is 0 Å². The molecular formula is C22H29N3O4S2. The average Bonchev–Trinajstić information content (AvgIpc) is 3.36. The van der Waals surface area contributed by atoms with E-state index in [2.05, 4.69) is 22.3 Å². The molecule has 2 aromatic rings. The van der Waals surface area contributed by atoms with Crippen molar-refractivity contribution in [2.45, 2.75) is 35.9 Å². The van der Waals surface area contributed by atoms with Crippen LogP contribution in [0.5, 0.6) is 5.75 Å². The molecule has 31 heavy (non-hydrogen) atoms. The Morgan fingerprint density at radius 3 is 2.29 bits per heavy atom. The molecule has 1 aromatic heterocycles. The van der Waals surface area contributed by atoms with E-state index in [1.165, 1.54) is 21.3 Å². The fourth-order valence-electron chi connectivity index (χ4n) is 4.29. The lowest BCUT2D eigenvalue weighted by atomic mass is 9.95. The summed E-state index contributed by atoms with van der Waals surface area (Å²) in [5, 5.41) is 4.98. The van der Waals surface area contributed by atoms with Crippen LogP contribution in [0.1, 0.15) is 25.7 Å². The molecule has 9 heteroatoms. The van der Waals surface area contributed by atoms with Crippen LogP contribution in [0.3, 0.4) is 0 Å². The summed E-state index contributed by atoms with van der Waals surface area (Å²) in [6, 6.07) is 11.6. The monoisotopic (exact) mass is 463 g/mol. The molecule has 0 saturated carbocycles. The summed E-state index contributed by atoms with van der Waals surface area (Å²) >= 11 is 1.24. The van der Waals surface area contributed by atoms with E-state index in [0.29, 0.717) is 30.1 Å². The van der Waals surface area contributed by atoms with E-state index in [4.69, 9.17) is 4.74 Å². The summed E-state index contributed by atoms with van der Waals surface area (Å²) in [5.41, 5.74) is 1.17. The van der Waals surface area contributed by atoms with Crippen molar-refractivity contribution in [3.8, 4) is 5.75 Å². The lowest BCUT2D eigenvalue weighted by Crippen LogP contribution is -2.48. The molecule has 1 aromatic carbocycles. The van der Waals surface area contributed by atoms with Gasteiger partial charge in [-0.1, -0.05) is 6.07 Å². The van der Waals surface area contributed by atoms with Gasteiger partial charge in [0.1, 0.15) is 9.96 Å². The summed E-state index contributed by atoms with van der Waals surface area (Å²) in [6.07, 6.45) is 2.95. The summed E-state index contributed by atoms with van der Waals surface area (Å²) in [7, 11) is -1.76. The van der Waals surface area contributed by atoms with Gasteiger partial charge in [0, 0.05) is 43.8 Å². The van der Waals surface area contributed by atoms with Crippen molar-refractivity contribution in [3.63, 3.8) is 0 Å². The number of anilines is 1. The Hall–Kier alpha value is -2.10. The second-order valence-electron chi connectivity index (χ2n) is 8.08. The predicted molar refractivity (Wildman–Crippen MR) is 122 cm³/mol. The molecule has 4 rings (SSSR count). The summed E-state index contributed by atoms with van der Waals surface area (Å²) in [4.78, 5) is 15.1. The Morgan fingerprint density at radius 1 is 1.03 bits per heavy atom. The molecule has 7 nitrogen and oxygen atoms in total. The third-order valence-electron chi connectivity index (χ3n) is 6.19. The molecule has 2 aliphatic rings. The molecule has 0 atom stereocenters. The number of sulfonamides is 1. The van der Waals surface area contributed by atoms with Gasteiger partial charge in [-0.25, -0.2) is 8.42 Å². The number of nitrogens with one attached hydrogen (secondary N) is 1. The Kier molecular flexibility index (Phi) is 6.83. The van der Waals surface area contributed by atoms with Crippen LogP contribution in [-0.2, 0) is 14.8 Å². The van der Waals surface area contributed by atoms with Gasteiger partial charge < -0.3 is 15.0 Å². The standard InChI is InChI=1S/C22H29N3O4S2/c1-29-20-6-4-19(5-7-20)24-12-10-18(11-13-24)23-22(26)17-8-14-25(15-9-17)31(27,28)21-3-2-16-30-21/h2-7,16-18H,8-15H2,1H3,(H,23,26). The minimum atomic E-state index is -3.43. The number of ether oxygens (including phenoxy) is 1. The quantitative estimate of drug-likeness (QED) is 0.713. The van der Waals surface area contributed by atoms with Crippen LogP contribution in [-0.4, -0.2) is 58.0 Å². The highest BCUT2D eigenvalue weighted by atomic mass is 32.2. The van der Waals surface area contributed by atoms with E-state index in [-0.39, 0.29) is 17.9 Å². The molecule has 2 fully saturated rings. The second kappa shape index (κ2) is 9.58. The molecule has 2 saturated heterocycles. The molecule has 1 amide bonds. The van der Waals surface area contributed by atoms with Crippen LogP contribution < -0.4 is 15.0 Å². The van der Waals surface area contributed by atoms with Crippen molar-refractivity contribution in [2.75, 3.05) is 38.2 Å². The third kappa shape index (κ3) is 5.05. The predicted octanol–water partition coefficient (Wildman–Crippen LogP) is 2.94. The van der Waals surface area contributed by atoms with Gasteiger partial charge in [-0.3, -0.25) is 4.79 Å². The topological polar surface area (TPSA) is 79.0 Å². The number of piperidine rings is 2. The number of hydrogen-bond acceptors (Lipinski definition) is 6. The first-order valence-corrected chi connectivity index (χ1v) is 13.0. The van der Waals surface area contributed by atoms with Gasteiger partial charge >= 0.3 is 0 Å². The van der Waals surface area contributed by atoms with Crippen molar-refractivity contribution in [2.24, 2.45) is 5.92 Å². The van der Waals surface area contributed by atoms with Gasteiger partial charge in [-0.05, 0) is 61.4 Å². The van der Waals surface area contributed by atoms with Crippen molar-refractivity contribution >= 4 is 33.0 Å². The highest BCUT2D eigenvalue weighted by Gasteiger charge is 2.33. The van der Waals surface area contributed by atoms with Crippen LogP contribution >= 0.6 is 11.3 Å². The lowest BCUT2D eigenvalue weighted by molar-refractivity contribution is -0.127. The fraction of sp³-hybridized carbons (Fsp3) is 0.500. The number of amides is 1. The summed E-state index contributed by atoms with van der Waals surface area (Å²) in [6.45, 7) is 2.59. The number of thiophene rings is 1. The van der Waals surface area contributed by atoms with Crippen molar-refractivity contribution in [1.82, 2.24) is 9.62 Å². The Bertz CT molecular complexity index is 961. The van der Waals surface area contributed by atoms with Crippen molar-refractivity contribution in [1.29, 1.82) is 0 Å². The van der Waals surface area contributed by atoms with Gasteiger partial charge in [-0.2, -0.15) is 4.31 Å². The molecule has 0 aliphatic carbocycles.